The fraction of sp³-hybridized carbons (Fsp3) is 1.00. The van der Waals surface area contributed by atoms with E-state index in [4.69, 9.17) is 15.3 Å². The minimum atomic E-state index is -1.49. The number of nitrogens with zero attached hydrogens (tertiary/aromatic N) is 1. The Balaban J connectivity index is 3.66. The van der Waals surface area contributed by atoms with Crippen LogP contribution in [-0.2, 0) is 0 Å². The van der Waals surface area contributed by atoms with E-state index in [-0.39, 0.29) is 26.3 Å². The second-order valence-electron chi connectivity index (χ2n) is 2.10. The Morgan fingerprint density at radius 2 is 1.55 bits per heavy atom. The van der Waals surface area contributed by atoms with Gasteiger partial charge in [-0.25, -0.2) is 4.39 Å². The molecular weight excluding hydrogens is 153 g/mol. The SMILES string of the molecule is OCCN(CCO)C(F)CO. The van der Waals surface area contributed by atoms with Crippen LogP contribution in [0.25, 0.3) is 0 Å². The Morgan fingerprint density at radius 3 is 1.82 bits per heavy atom. The molecule has 0 aliphatic carbocycles. The fourth-order valence-electron chi connectivity index (χ4n) is 0.764. The lowest BCUT2D eigenvalue weighted by Crippen LogP contribution is -2.38. The molecule has 1 unspecified atom stereocenters. The molecule has 0 bridgehead atoms. The topological polar surface area (TPSA) is 63.9 Å². The molecule has 1 atom stereocenters. The lowest BCUT2D eigenvalue weighted by atomic mass is 10.4. The van der Waals surface area contributed by atoms with Crippen LogP contribution in [0.4, 0.5) is 4.39 Å². The number of rotatable bonds is 6. The van der Waals surface area contributed by atoms with E-state index >= 15 is 0 Å². The molecule has 4 nitrogen and oxygen atoms in total. The number of halogens is 1. The lowest BCUT2D eigenvalue weighted by Gasteiger charge is -2.22. The van der Waals surface area contributed by atoms with Gasteiger partial charge in [-0.1, -0.05) is 0 Å². The van der Waals surface area contributed by atoms with Crippen LogP contribution in [0, 0.1) is 0 Å². The van der Waals surface area contributed by atoms with Crippen molar-refractivity contribution >= 4 is 0 Å². The normalized spacial score (nSPS) is 13.9. The predicted molar refractivity (Wildman–Crippen MR) is 37.7 cm³/mol. The third kappa shape index (κ3) is 4.26. The van der Waals surface area contributed by atoms with Gasteiger partial charge < -0.3 is 15.3 Å². The first kappa shape index (κ1) is 10.8. The standard InChI is InChI=1S/C6H14FNO3/c7-6(5-11)8(1-3-9)2-4-10/h6,9-11H,1-5H2. The van der Waals surface area contributed by atoms with E-state index in [1.165, 1.54) is 4.90 Å². The van der Waals surface area contributed by atoms with Crippen LogP contribution in [-0.4, -0.2) is 59.4 Å². The second-order valence-corrected chi connectivity index (χ2v) is 2.10. The molecule has 5 heteroatoms. The van der Waals surface area contributed by atoms with Gasteiger partial charge in [-0.15, -0.1) is 0 Å². The van der Waals surface area contributed by atoms with Gasteiger partial charge in [-0.05, 0) is 0 Å². The number of aliphatic hydroxyl groups is 3. The summed E-state index contributed by atoms with van der Waals surface area (Å²) in [6.07, 6.45) is -1.49. The average molecular weight is 167 g/mol. The maximum absolute atomic E-state index is 12.6. The van der Waals surface area contributed by atoms with Crippen molar-refractivity contribution in [3.63, 3.8) is 0 Å². The Morgan fingerprint density at radius 1 is 1.09 bits per heavy atom. The van der Waals surface area contributed by atoms with Crippen molar-refractivity contribution in [2.24, 2.45) is 0 Å². The van der Waals surface area contributed by atoms with Gasteiger partial charge >= 0.3 is 0 Å². The number of alkyl halides is 1. The molecule has 0 radical (unpaired) electrons. The first-order valence-electron chi connectivity index (χ1n) is 3.47. The summed E-state index contributed by atoms with van der Waals surface area (Å²) in [5.41, 5.74) is 0. The summed E-state index contributed by atoms with van der Waals surface area (Å²) < 4.78 is 12.6. The highest BCUT2D eigenvalue weighted by molar-refractivity contribution is 4.59. The summed E-state index contributed by atoms with van der Waals surface area (Å²) in [5, 5.41) is 25.3. The highest BCUT2D eigenvalue weighted by atomic mass is 19.1. The highest BCUT2D eigenvalue weighted by Gasteiger charge is 2.14. The molecular formula is C6H14FNO3. The van der Waals surface area contributed by atoms with Crippen LogP contribution in [0.15, 0.2) is 0 Å². The molecule has 0 aromatic heterocycles. The molecule has 0 rings (SSSR count). The minimum Gasteiger partial charge on any atom is -0.395 e. The van der Waals surface area contributed by atoms with Crippen LogP contribution < -0.4 is 0 Å². The van der Waals surface area contributed by atoms with Gasteiger partial charge in [0.2, 0.25) is 0 Å². The van der Waals surface area contributed by atoms with Gasteiger partial charge in [0.25, 0.3) is 0 Å². The zero-order chi connectivity index (χ0) is 8.69. The zero-order valence-electron chi connectivity index (χ0n) is 6.28. The van der Waals surface area contributed by atoms with E-state index in [1.54, 1.807) is 0 Å². The second kappa shape index (κ2) is 6.48. The smallest absolute Gasteiger partial charge is 0.177 e. The number of aliphatic hydroxyl groups excluding tert-OH is 3. The molecule has 0 amide bonds. The number of hydrogen-bond donors (Lipinski definition) is 3. The maximum atomic E-state index is 12.6. The Kier molecular flexibility index (Phi) is 6.34. The van der Waals surface area contributed by atoms with Crippen molar-refractivity contribution in [2.45, 2.75) is 6.30 Å². The van der Waals surface area contributed by atoms with Gasteiger partial charge in [0.1, 0.15) is 0 Å². The minimum absolute atomic E-state index is 0.127. The first-order valence-corrected chi connectivity index (χ1v) is 3.47. The van der Waals surface area contributed by atoms with Gasteiger partial charge in [-0.2, -0.15) is 0 Å². The lowest BCUT2D eigenvalue weighted by molar-refractivity contribution is 0.0107. The largest absolute Gasteiger partial charge is 0.395 e. The van der Waals surface area contributed by atoms with Crippen molar-refractivity contribution in [3.8, 4) is 0 Å². The third-order valence-corrected chi connectivity index (χ3v) is 1.32. The molecule has 0 saturated heterocycles. The molecule has 0 spiro atoms. The van der Waals surface area contributed by atoms with E-state index in [2.05, 4.69) is 0 Å². The Hall–Kier alpha value is -0.230. The van der Waals surface area contributed by atoms with Crippen molar-refractivity contribution in [1.29, 1.82) is 0 Å². The van der Waals surface area contributed by atoms with Crippen molar-refractivity contribution in [1.82, 2.24) is 4.90 Å². The summed E-state index contributed by atoms with van der Waals surface area (Å²) in [5.74, 6) is 0. The Labute approximate surface area is 64.9 Å². The summed E-state index contributed by atoms with van der Waals surface area (Å²) in [6, 6.07) is 0. The van der Waals surface area contributed by atoms with E-state index < -0.39 is 12.9 Å². The average Bonchev–Trinajstić information content (AvgIpc) is 2.03. The summed E-state index contributed by atoms with van der Waals surface area (Å²) >= 11 is 0. The zero-order valence-corrected chi connectivity index (χ0v) is 6.28. The molecule has 3 N–H and O–H groups in total. The monoisotopic (exact) mass is 167 g/mol. The molecule has 0 aromatic carbocycles. The molecule has 0 aliphatic rings. The van der Waals surface area contributed by atoms with Gasteiger partial charge in [0.05, 0.1) is 19.8 Å². The van der Waals surface area contributed by atoms with Crippen molar-refractivity contribution in [2.75, 3.05) is 32.9 Å². The molecule has 0 aliphatic heterocycles. The molecule has 0 saturated carbocycles. The third-order valence-electron chi connectivity index (χ3n) is 1.32. The van der Waals surface area contributed by atoms with Crippen LogP contribution >= 0.6 is 0 Å². The fourth-order valence-corrected chi connectivity index (χ4v) is 0.764. The number of hydrogen-bond acceptors (Lipinski definition) is 4. The van der Waals surface area contributed by atoms with Crippen LogP contribution in [0.3, 0.4) is 0 Å². The predicted octanol–water partition coefficient (Wildman–Crippen LogP) is -1.44. The van der Waals surface area contributed by atoms with E-state index in [1.807, 2.05) is 0 Å². The highest BCUT2D eigenvalue weighted by Crippen LogP contribution is 1.98. The summed E-state index contributed by atoms with van der Waals surface area (Å²) in [4.78, 5) is 1.17. The van der Waals surface area contributed by atoms with Crippen LogP contribution in [0.1, 0.15) is 0 Å². The van der Waals surface area contributed by atoms with E-state index in [0.29, 0.717) is 0 Å². The summed E-state index contributed by atoms with van der Waals surface area (Å²) in [7, 11) is 0. The van der Waals surface area contributed by atoms with Gasteiger partial charge in [0, 0.05) is 13.1 Å². The van der Waals surface area contributed by atoms with Gasteiger partial charge in [0.15, 0.2) is 6.30 Å². The molecule has 0 heterocycles. The van der Waals surface area contributed by atoms with E-state index in [9.17, 15) is 4.39 Å². The Bertz CT molecular complexity index is 87.9. The molecule has 0 fully saturated rings. The molecule has 11 heavy (non-hydrogen) atoms. The van der Waals surface area contributed by atoms with Gasteiger partial charge in [-0.3, -0.25) is 4.90 Å². The van der Waals surface area contributed by atoms with Crippen molar-refractivity contribution in [3.05, 3.63) is 0 Å². The van der Waals surface area contributed by atoms with E-state index in [0.717, 1.165) is 0 Å². The molecule has 0 aromatic rings. The maximum Gasteiger partial charge on any atom is 0.177 e. The van der Waals surface area contributed by atoms with Crippen LogP contribution in [0.2, 0.25) is 0 Å². The van der Waals surface area contributed by atoms with Crippen LogP contribution in [0.5, 0.6) is 0 Å². The first-order chi connectivity index (χ1) is 5.26. The molecule has 68 valence electrons. The van der Waals surface area contributed by atoms with Crippen molar-refractivity contribution < 1.29 is 19.7 Å². The summed E-state index contributed by atoms with van der Waals surface area (Å²) in [6.45, 7) is -0.717. The quantitative estimate of drug-likeness (QED) is 0.424.